The molecular weight excluding hydrogens is 633 g/mol. The highest BCUT2D eigenvalue weighted by atomic mass is 35.5. The van der Waals surface area contributed by atoms with E-state index >= 15 is 0 Å². The van der Waals surface area contributed by atoms with E-state index in [9.17, 15) is 10.2 Å². The second-order valence-electron chi connectivity index (χ2n) is 8.99. The third kappa shape index (κ3) is 9.52. The van der Waals surface area contributed by atoms with Crippen molar-refractivity contribution in [2.45, 2.75) is 51.4 Å². The minimum atomic E-state index is -4.64. The summed E-state index contributed by atoms with van der Waals surface area (Å²) in [6.45, 7) is 4.32. The molecule has 5 heterocycles. The van der Waals surface area contributed by atoms with E-state index in [1.165, 1.54) is 22.1 Å². The summed E-state index contributed by atoms with van der Waals surface area (Å²) < 4.78 is 17.8. The lowest BCUT2D eigenvalue weighted by atomic mass is 10.1. The average Bonchev–Trinajstić information content (AvgIpc) is 3.58. The van der Waals surface area contributed by atoms with E-state index in [4.69, 9.17) is 45.7 Å². The standard InChI is InChI=1S/C12H17N4OS.C10H13N5O4.ClH.H3O4P/c1-8-11(3-4-17)18-7-16(8)6-10-5-14-9(2)15-12(10)13;11-8-5-9(13-2-12-8)15(3-14-5)10-7(18)6(17)4(1-16)19-10;;1-5(2,3)4/h5,7,17H,3-4,6H2,1-2H3,(H2,13,14,15);2-4,6-7,10,16-18H,1H2,(H2,11,12,13);1H;(H3,1,2,3,4)/q+1;;;/p-1/t;4-,6-,7-,10-;;/m.1../s1. The van der Waals surface area contributed by atoms with Gasteiger partial charge in [0.2, 0.25) is 5.51 Å². The van der Waals surface area contributed by atoms with Crippen LogP contribution in [0.5, 0.6) is 0 Å². The molecule has 1 aliphatic rings. The number of aromatic nitrogens is 7. The number of ether oxygens (including phenoxy) is 1. The summed E-state index contributed by atoms with van der Waals surface area (Å²) in [7, 11) is -4.64. The second kappa shape index (κ2) is 15.7. The number of hydrogen-bond donors (Lipinski definition) is 9. The van der Waals surface area contributed by atoms with Crippen LogP contribution < -0.4 is 28.4 Å². The number of imidazole rings is 1. The molecule has 0 saturated carbocycles. The lowest BCUT2D eigenvalue weighted by Gasteiger charge is -2.16. The molecule has 0 aliphatic carbocycles. The number of aryl methyl sites for hydroxylation is 1. The number of anilines is 2. The number of aliphatic hydroxyl groups is 4. The van der Waals surface area contributed by atoms with Crippen molar-refractivity contribution in [3.63, 3.8) is 0 Å². The Kier molecular flexibility index (Phi) is 13.2. The van der Waals surface area contributed by atoms with E-state index in [-0.39, 0.29) is 24.8 Å². The van der Waals surface area contributed by atoms with Gasteiger partial charge in [-0.2, -0.15) is 4.57 Å². The molecule has 238 valence electrons. The van der Waals surface area contributed by atoms with Crippen LogP contribution in [0.4, 0.5) is 11.6 Å². The second-order valence-corrected chi connectivity index (χ2v) is 11.0. The van der Waals surface area contributed by atoms with Gasteiger partial charge in [0.1, 0.15) is 41.8 Å². The van der Waals surface area contributed by atoms with E-state index in [0.29, 0.717) is 35.8 Å². The molecule has 0 spiro atoms. The van der Waals surface area contributed by atoms with Gasteiger partial charge in [-0.1, -0.05) is 11.3 Å². The first-order valence-corrected chi connectivity index (χ1v) is 14.7. The molecule has 18 nitrogen and oxygen atoms in total. The Balaban J connectivity index is 0.000000255. The van der Waals surface area contributed by atoms with Gasteiger partial charge in [0.25, 0.3) is 0 Å². The van der Waals surface area contributed by atoms with Gasteiger partial charge in [0, 0.05) is 26.1 Å². The van der Waals surface area contributed by atoms with Crippen LogP contribution in [-0.4, -0.2) is 96.1 Å². The van der Waals surface area contributed by atoms with Crippen molar-refractivity contribution >= 4 is 42.0 Å². The molecule has 0 amide bonds. The monoisotopic (exact) mass is 665 g/mol. The zero-order chi connectivity index (χ0) is 31.2. The average molecular weight is 666 g/mol. The number of halogens is 1. The van der Waals surface area contributed by atoms with Crippen molar-refractivity contribution in [2.75, 3.05) is 24.7 Å². The zero-order valence-electron chi connectivity index (χ0n) is 22.9. The highest BCUT2D eigenvalue weighted by Crippen LogP contribution is 2.31. The molecule has 4 aromatic rings. The molecule has 0 bridgehead atoms. The van der Waals surface area contributed by atoms with E-state index in [1.807, 2.05) is 19.4 Å². The Labute approximate surface area is 255 Å². The van der Waals surface area contributed by atoms with Crippen LogP contribution in [0.25, 0.3) is 11.2 Å². The quantitative estimate of drug-likeness (QED) is 0.0686. The highest BCUT2D eigenvalue weighted by molar-refractivity contribution is 7.45. The predicted octanol–water partition coefficient (Wildman–Crippen LogP) is -5.30. The number of fused-ring (bicyclic) bond motifs is 1. The number of thiazole rings is 1. The first-order chi connectivity index (χ1) is 19.7. The minimum Gasteiger partial charge on any atom is -1.00 e. The van der Waals surface area contributed by atoms with E-state index in [2.05, 4.69) is 29.5 Å². The molecule has 1 fully saturated rings. The smallest absolute Gasteiger partial charge is 0.466 e. The molecule has 0 aromatic carbocycles. The van der Waals surface area contributed by atoms with Gasteiger partial charge in [-0.05, 0) is 6.92 Å². The summed E-state index contributed by atoms with van der Waals surface area (Å²) in [5, 5.41) is 37.7. The van der Waals surface area contributed by atoms with Crippen molar-refractivity contribution in [3.05, 3.63) is 46.3 Å². The van der Waals surface area contributed by atoms with Crippen molar-refractivity contribution in [1.82, 2.24) is 29.5 Å². The molecule has 21 heteroatoms. The minimum absolute atomic E-state index is 0. The van der Waals surface area contributed by atoms with Crippen LogP contribution in [0, 0.1) is 13.8 Å². The van der Waals surface area contributed by atoms with Crippen LogP contribution in [-0.2, 0) is 22.3 Å². The van der Waals surface area contributed by atoms with E-state index < -0.39 is 39.0 Å². The fourth-order valence-electron chi connectivity index (χ4n) is 3.93. The maximum absolute atomic E-state index is 9.95. The highest BCUT2D eigenvalue weighted by Gasteiger charge is 2.44. The number of phosphoric acid groups is 1. The Morgan fingerprint density at radius 1 is 1.07 bits per heavy atom. The van der Waals surface area contributed by atoms with Crippen LogP contribution in [0.2, 0.25) is 0 Å². The van der Waals surface area contributed by atoms with E-state index in [1.54, 1.807) is 17.5 Å². The van der Waals surface area contributed by atoms with Gasteiger partial charge in [0.15, 0.2) is 29.9 Å². The number of aliphatic hydroxyl groups excluding tert-OH is 4. The Morgan fingerprint density at radius 3 is 2.33 bits per heavy atom. The summed E-state index contributed by atoms with van der Waals surface area (Å²) in [6.07, 6.45) is 1.05. The summed E-state index contributed by atoms with van der Waals surface area (Å²) >= 11 is 1.65. The predicted molar refractivity (Wildman–Crippen MR) is 147 cm³/mol. The summed E-state index contributed by atoms with van der Waals surface area (Å²) in [5.41, 5.74) is 16.4. The summed E-state index contributed by atoms with van der Waals surface area (Å²) in [4.78, 5) is 43.0. The molecule has 0 unspecified atom stereocenters. The number of nitrogens with zero attached hydrogens (tertiary/aromatic N) is 7. The van der Waals surface area contributed by atoms with Gasteiger partial charge in [-0.25, -0.2) is 29.5 Å². The largest absolute Gasteiger partial charge is 1.00 e. The van der Waals surface area contributed by atoms with Crippen LogP contribution in [0.3, 0.4) is 0 Å². The molecule has 1 aliphatic heterocycles. The van der Waals surface area contributed by atoms with Crippen LogP contribution in [0.1, 0.15) is 28.2 Å². The van der Waals surface area contributed by atoms with E-state index in [0.717, 1.165) is 11.3 Å². The van der Waals surface area contributed by atoms with Gasteiger partial charge in [0.05, 0.1) is 23.4 Å². The summed E-state index contributed by atoms with van der Waals surface area (Å²) in [6, 6.07) is 0. The molecule has 4 aromatic heterocycles. The van der Waals surface area contributed by atoms with Crippen LogP contribution in [0.15, 0.2) is 24.4 Å². The molecule has 4 atom stereocenters. The zero-order valence-corrected chi connectivity index (χ0v) is 25.4. The van der Waals surface area contributed by atoms with Crippen molar-refractivity contribution < 1.29 is 61.4 Å². The maximum Gasteiger partial charge on any atom is 0.466 e. The molecule has 0 radical (unpaired) electrons. The van der Waals surface area contributed by atoms with Crippen molar-refractivity contribution in [1.29, 1.82) is 0 Å². The van der Waals surface area contributed by atoms with Gasteiger partial charge in [-0.15, -0.1) is 0 Å². The Morgan fingerprint density at radius 2 is 1.74 bits per heavy atom. The van der Waals surface area contributed by atoms with Gasteiger partial charge in [-0.3, -0.25) is 4.57 Å². The third-order valence-corrected chi connectivity index (χ3v) is 7.18. The Bertz CT molecular complexity index is 1530. The Hall–Kier alpha value is -2.94. The first kappa shape index (κ1) is 36.3. The lowest BCUT2D eigenvalue weighted by molar-refractivity contribution is -0.689. The lowest BCUT2D eigenvalue weighted by Crippen LogP contribution is -3.00. The number of rotatable bonds is 6. The fraction of sp³-hybridized carbons (Fsp3) is 0.455. The van der Waals surface area contributed by atoms with Gasteiger partial charge >= 0.3 is 7.82 Å². The first-order valence-electron chi connectivity index (χ1n) is 12.2. The molecule has 1 saturated heterocycles. The SMILES string of the molecule is Cc1ncc(C[n+]2csc(CCO)c2C)c(N)n1.Nc1ncnc2c1ncn2[C@@H]1O[C@H](CO)[C@@H](O)[C@H]1O.O=P(O)(O)O.[Cl-]. The third-order valence-electron chi connectivity index (χ3n) is 6.03. The molecule has 11 N–H and O–H groups in total. The van der Waals surface area contributed by atoms with Gasteiger partial charge < -0.3 is 63.7 Å². The maximum atomic E-state index is 9.95. The molecular formula is C22H33ClN9O9PS. The number of nitrogen functional groups attached to an aromatic ring is 2. The van der Waals surface area contributed by atoms with Crippen molar-refractivity contribution in [3.8, 4) is 0 Å². The van der Waals surface area contributed by atoms with Crippen molar-refractivity contribution in [2.24, 2.45) is 0 Å². The molecule has 43 heavy (non-hydrogen) atoms. The number of nitrogens with two attached hydrogens (primary N) is 2. The topological polar surface area (TPSA) is 293 Å². The summed E-state index contributed by atoms with van der Waals surface area (Å²) in [5.74, 6) is 1.43. The normalized spacial score (nSPS) is 19.7. The molecule has 5 rings (SSSR count). The fourth-order valence-corrected chi connectivity index (χ4v) is 4.92. The number of hydrogen-bond acceptors (Lipinski definition) is 14. The van der Waals surface area contributed by atoms with Crippen LogP contribution >= 0.6 is 19.2 Å².